The number of alkyl carbamates (subject to hydrolysis) is 1. The van der Waals surface area contributed by atoms with Gasteiger partial charge >= 0.3 is 6.09 Å². The molecule has 0 saturated heterocycles. The lowest BCUT2D eigenvalue weighted by molar-refractivity contribution is 0.112. The number of carbonyl (C=O) groups excluding carboxylic acids is 1. The van der Waals surface area contributed by atoms with Gasteiger partial charge in [0.25, 0.3) is 0 Å². The molecule has 2 N–H and O–H groups in total. The third-order valence-corrected chi connectivity index (χ3v) is 3.03. The van der Waals surface area contributed by atoms with Gasteiger partial charge in [0.15, 0.2) is 0 Å². The van der Waals surface area contributed by atoms with Crippen LogP contribution in [0.5, 0.6) is 0 Å². The molecule has 4 nitrogen and oxygen atoms in total. The van der Waals surface area contributed by atoms with Gasteiger partial charge in [0.2, 0.25) is 0 Å². The standard InChI is InChI=1S/C11H21NO3/c1-9(10-5-3-2-4-6-10)12-11(14)15-8-7-13/h9-10,13H,2-8H2,1H3,(H,12,14). The Kier molecular flexibility index (Phi) is 5.47. The van der Waals surface area contributed by atoms with Crippen LogP contribution >= 0.6 is 0 Å². The molecule has 0 aliphatic heterocycles. The molecule has 88 valence electrons. The number of amides is 1. The summed E-state index contributed by atoms with van der Waals surface area (Å²) in [6, 6.07) is 0.177. The van der Waals surface area contributed by atoms with Gasteiger partial charge in [-0.15, -0.1) is 0 Å². The lowest BCUT2D eigenvalue weighted by Gasteiger charge is -2.27. The highest BCUT2D eigenvalue weighted by molar-refractivity contribution is 5.67. The highest BCUT2D eigenvalue weighted by atomic mass is 16.6. The fourth-order valence-corrected chi connectivity index (χ4v) is 2.12. The van der Waals surface area contributed by atoms with E-state index in [0.29, 0.717) is 5.92 Å². The molecular formula is C11H21NO3. The van der Waals surface area contributed by atoms with Crippen LogP contribution in [0, 0.1) is 5.92 Å². The van der Waals surface area contributed by atoms with Crippen molar-refractivity contribution in [3.05, 3.63) is 0 Å². The Morgan fingerprint density at radius 3 is 2.73 bits per heavy atom. The number of rotatable bonds is 4. The van der Waals surface area contributed by atoms with E-state index in [4.69, 9.17) is 9.84 Å². The van der Waals surface area contributed by atoms with Crippen LogP contribution in [0.2, 0.25) is 0 Å². The number of aliphatic hydroxyl groups excluding tert-OH is 1. The zero-order valence-corrected chi connectivity index (χ0v) is 9.37. The molecule has 1 saturated carbocycles. The summed E-state index contributed by atoms with van der Waals surface area (Å²) in [6.07, 6.45) is 5.83. The third kappa shape index (κ3) is 4.51. The Bertz CT molecular complexity index is 190. The van der Waals surface area contributed by atoms with Gasteiger partial charge in [0.1, 0.15) is 6.61 Å². The molecule has 15 heavy (non-hydrogen) atoms. The predicted molar refractivity (Wildman–Crippen MR) is 57.6 cm³/mol. The van der Waals surface area contributed by atoms with Gasteiger partial charge < -0.3 is 15.2 Å². The maximum atomic E-state index is 11.2. The second-order valence-corrected chi connectivity index (χ2v) is 4.19. The predicted octanol–water partition coefficient (Wildman–Crippen LogP) is 1.67. The van der Waals surface area contributed by atoms with Gasteiger partial charge in [-0.2, -0.15) is 0 Å². The number of ether oxygens (including phenoxy) is 1. The van der Waals surface area contributed by atoms with Crippen molar-refractivity contribution in [2.75, 3.05) is 13.2 Å². The van der Waals surface area contributed by atoms with Crippen molar-refractivity contribution in [2.24, 2.45) is 5.92 Å². The first-order chi connectivity index (χ1) is 7.24. The van der Waals surface area contributed by atoms with Crippen LogP contribution in [0.4, 0.5) is 4.79 Å². The quantitative estimate of drug-likeness (QED) is 0.750. The van der Waals surface area contributed by atoms with E-state index in [2.05, 4.69) is 5.32 Å². The Balaban J connectivity index is 2.21. The Morgan fingerprint density at radius 2 is 2.13 bits per heavy atom. The molecule has 0 bridgehead atoms. The molecule has 1 rings (SSSR count). The highest BCUT2D eigenvalue weighted by Crippen LogP contribution is 2.26. The minimum atomic E-state index is -0.415. The van der Waals surface area contributed by atoms with E-state index in [1.165, 1.54) is 32.1 Å². The molecule has 1 amide bonds. The van der Waals surface area contributed by atoms with Crippen LogP contribution in [0.25, 0.3) is 0 Å². The van der Waals surface area contributed by atoms with E-state index in [-0.39, 0.29) is 19.3 Å². The fourth-order valence-electron chi connectivity index (χ4n) is 2.12. The first-order valence-corrected chi connectivity index (χ1v) is 5.78. The molecule has 0 heterocycles. The molecule has 1 aliphatic rings. The smallest absolute Gasteiger partial charge is 0.407 e. The van der Waals surface area contributed by atoms with Crippen molar-refractivity contribution in [1.29, 1.82) is 0 Å². The zero-order valence-electron chi connectivity index (χ0n) is 9.37. The third-order valence-electron chi connectivity index (χ3n) is 3.03. The van der Waals surface area contributed by atoms with Gasteiger partial charge in [-0.05, 0) is 25.7 Å². The number of carbonyl (C=O) groups is 1. The largest absolute Gasteiger partial charge is 0.447 e. The first-order valence-electron chi connectivity index (χ1n) is 5.78. The SMILES string of the molecule is CC(NC(=O)OCCO)C1CCCCC1. The first kappa shape index (κ1) is 12.3. The Morgan fingerprint density at radius 1 is 1.47 bits per heavy atom. The molecule has 4 heteroatoms. The van der Waals surface area contributed by atoms with Crippen LogP contribution < -0.4 is 5.32 Å². The maximum Gasteiger partial charge on any atom is 0.407 e. The summed E-state index contributed by atoms with van der Waals surface area (Å²) in [7, 11) is 0. The summed E-state index contributed by atoms with van der Waals surface area (Å²) in [6.45, 7) is 1.98. The monoisotopic (exact) mass is 215 g/mol. The van der Waals surface area contributed by atoms with E-state index in [9.17, 15) is 4.79 Å². The van der Waals surface area contributed by atoms with Gasteiger partial charge in [0, 0.05) is 6.04 Å². The van der Waals surface area contributed by atoms with Crippen molar-refractivity contribution >= 4 is 6.09 Å². The lowest BCUT2D eigenvalue weighted by Crippen LogP contribution is -2.39. The maximum absolute atomic E-state index is 11.2. The van der Waals surface area contributed by atoms with Gasteiger partial charge in [-0.3, -0.25) is 0 Å². The number of aliphatic hydroxyl groups is 1. The summed E-state index contributed by atoms with van der Waals surface area (Å²) in [5.41, 5.74) is 0. The van der Waals surface area contributed by atoms with Crippen LogP contribution in [0.1, 0.15) is 39.0 Å². The average Bonchev–Trinajstić information content (AvgIpc) is 2.27. The topological polar surface area (TPSA) is 58.6 Å². The molecule has 0 aromatic carbocycles. The second-order valence-electron chi connectivity index (χ2n) is 4.19. The van der Waals surface area contributed by atoms with E-state index >= 15 is 0 Å². The van der Waals surface area contributed by atoms with Gasteiger partial charge in [-0.1, -0.05) is 19.3 Å². The second kappa shape index (κ2) is 6.67. The van der Waals surface area contributed by atoms with Crippen LogP contribution in [0.15, 0.2) is 0 Å². The fraction of sp³-hybridized carbons (Fsp3) is 0.909. The molecular weight excluding hydrogens is 194 g/mol. The van der Waals surface area contributed by atoms with Crippen molar-refractivity contribution in [1.82, 2.24) is 5.32 Å². The molecule has 1 atom stereocenters. The lowest BCUT2D eigenvalue weighted by atomic mass is 9.85. The van der Waals surface area contributed by atoms with Gasteiger partial charge in [0.05, 0.1) is 6.61 Å². The van der Waals surface area contributed by atoms with E-state index in [1.54, 1.807) is 0 Å². The molecule has 0 aromatic heterocycles. The summed E-state index contributed by atoms with van der Waals surface area (Å²) >= 11 is 0. The van der Waals surface area contributed by atoms with E-state index < -0.39 is 6.09 Å². The summed E-state index contributed by atoms with van der Waals surface area (Å²) in [4.78, 5) is 11.2. The normalized spacial score (nSPS) is 19.6. The molecule has 0 aromatic rings. The van der Waals surface area contributed by atoms with Gasteiger partial charge in [-0.25, -0.2) is 4.79 Å². The minimum Gasteiger partial charge on any atom is -0.447 e. The Labute approximate surface area is 91.0 Å². The van der Waals surface area contributed by atoms with Crippen LogP contribution in [-0.4, -0.2) is 30.5 Å². The van der Waals surface area contributed by atoms with Crippen molar-refractivity contribution in [2.45, 2.75) is 45.1 Å². The molecule has 1 fully saturated rings. The molecule has 0 spiro atoms. The van der Waals surface area contributed by atoms with Crippen molar-refractivity contribution in [3.63, 3.8) is 0 Å². The summed E-state index contributed by atoms with van der Waals surface area (Å²) in [5, 5.41) is 11.3. The summed E-state index contributed by atoms with van der Waals surface area (Å²) in [5.74, 6) is 0.584. The molecule has 0 radical (unpaired) electrons. The molecule has 1 unspecified atom stereocenters. The zero-order chi connectivity index (χ0) is 11.1. The van der Waals surface area contributed by atoms with Crippen molar-refractivity contribution in [3.8, 4) is 0 Å². The number of hydrogen-bond acceptors (Lipinski definition) is 3. The molecule has 1 aliphatic carbocycles. The number of nitrogens with one attached hydrogen (secondary N) is 1. The highest BCUT2D eigenvalue weighted by Gasteiger charge is 2.21. The van der Waals surface area contributed by atoms with Crippen LogP contribution in [-0.2, 0) is 4.74 Å². The van der Waals surface area contributed by atoms with E-state index in [0.717, 1.165) is 0 Å². The average molecular weight is 215 g/mol. The Hall–Kier alpha value is -0.770. The number of hydrogen-bond donors (Lipinski definition) is 2. The van der Waals surface area contributed by atoms with E-state index in [1.807, 2.05) is 6.92 Å². The summed E-state index contributed by atoms with van der Waals surface area (Å²) < 4.78 is 4.75. The minimum absolute atomic E-state index is 0.0726. The van der Waals surface area contributed by atoms with Crippen LogP contribution in [0.3, 0.4) is 0 Å². The van der Waals surface area contributed by atoms with Crippen molar-refractivity contribution < 1.29 is 14.6 Å².